The quantitative estimate of drug-likeness (QED) is 0.275. The van der Waals surface area contributed by atoms with E-state index in [1.807, 2.05) is 6.07 Å². The lowest BCUT2D eigenvalue weighted by molar-refractivity contribution is 1.51. The molecule has 0 fully saturated rings. The Hall–Kier alpha value is -2.67. The van der Waals surface area contributed by atoms with E-state index in [2.05, 4.69) is 60.7 Å². The monoisotopic (exact) mass is 253 g/mol. The van der Waals surface area contributed by atoms with E-state index >= 15 is 0 Å². The summed E-state index contributed by atoms with van der Waals surface area (Å²) in [6.07, 6.45) is 0. The van der Waals surface area contributed by atoms with Crippen molar-refractivity contribution in [2.75, 3.05) is 0 Å². The Bertz CT molecular complexity index is 1080. The minimum absolute atomic E-state index is 1.07. The van der Waals surface area contributed by atoms with Gasteiger partial charge in [-0.25, -0.2) is 4.98 Å². The molecule has 0 aliphatic rings. The van der Waals surface area contributed by atoms with Crippen molar-refractivity contribution in [1.29, 1.82) is 0 Å². The molecule has 20 heavy (non-hydrogen) atoms. The van der Waals surface area contributed by atoms with Gasteiger partial charge in [0.25, 0.3) is 0 Å². The first kappa shape index (κ1) is 10.2. The van der Waals surface area contributed by atoms with Crippen LogP contribution in [0.15, 0.2) is 66.7 Å². The van der Waals surface area contributed by atoms with Crippen LogP contribution >= 0.6 is 0 Å². The summed E-state index contributed by atoms with van der Waals surface area (Å²) >= 11 is 0. The van der Waals surface area contributed by atoms with E-state index in [-0.39, 0.29) is 0 Å². The molecule has 0 amide bonds. The fourth-order valence-corrected chi connectivity index (χ4v) is 3.31. The maximum atomic E-state index is 4.83. The number of rotatable bonds is 0. The number of aromatic nitrogens is 1. The van der Waals surface area contributed by atoms with Crippen molar-refractivity contribution < 1.29 is 0 Å². The summed E-state index contributed by atoms with van der Waals surface area (Å²) in [7, 11) is 0. The van der Waals surface area contributed by atoms with Crippen molar-refractivity contribution in [3.8, 4) is 0 Å². The van der Waals surface area contributed by atoms with Crippen LogP contribution < -0.4 is 0 Å². The normalized spacial score (nSPS) is 12.0. The molecule has 0 radical (unpaired) electrons. The van der Waals surface area contributed by atoms with E-state index in [1.54, 1.807) is 0 Å². The molecule has 0 saturated carbocycles. The van der Waals surface area contributed by atoms with Crippen LogP contribution in [-0.2, 0) is 0 Å². The van der Waals surface area contributed by atoms with Gasteiger partial charge >= 0.3 is 0 Å². The first-order valence-corrected chi connectivity index (χ1v) is 6.84. The van der Waals surface area contributed by atoms with Crippen LogP contribution in [0.2, 0.25) is 0 Å². The van der Waals surface area contributed by atoms with Crippen LogP contribution in [0.1, 0.15) is 0 Å². The van der Waals surface area contributed by atoms with Gasteiger partial charge in [-0.2, -0.15) is 0 Å². The van der Waals surface area contributed by atoms with Crippen LogP contribution in [0.5, 0.6) is 0 Å². The minimum atomic E-state index is 1.07. The minimum Gasteiger partial charge on any atom is -0.248 e. The van der Waals surface area contributed by atoms with Crippen molar-refractivity contribution in [2.45, 2.75) is 0 Å². The van der Waals surface area contributed by atoms with Crippen molar-refractivity contribution in [3.05, 3.63) is 66.7 Å². The third-order valence-corrected chi connectivity index (χ3v) is 4.19. The zero-order valence-corrected chi connectivity index (χ0v) is 10.8. The SMILES string of the molecule is c1cc2ccc3nc4ccccc4c4ccc(c1)c2c34. The number of hydrogen-bond acceptors (Lipinski definition) is 1. The molecule has 0 atom stereocenters. The fourth-order valence-electron chi connectivity index (χ4n) is 3.31. The van der Waals surface area contributed by atoms with Crippen molar-refractivity contribution in [2.24, 2.45) is 0 Å². The van der Waals surface area contributed by atoms with Gasteiger partial charge in [0.05, 0.1) is 11.0 Å². The first-order valence-electron chi connectivity index (χ1n) is 6.84. The van der Waals surface area contributed by atoms with E-state index in [0.29, 0.717) is 0 Å². The lowest BCUT2D eigenvalue weighted by Crippen LogP contribution is -1.88. The number of pyridine rings is 1. The average Bonchev–Trinajstić information content (AvgIpc) is 2.52. The van der Waals surface area contributed by atoms with E-state index in [1.165, 1.54) is 32.3 Å². The molecule has 4 aromatic carbocycles. The molecule has 5 aromatic rings. The summed E-state index contributed by atoms with van der Waals surface area (Å²) in [5.41, 5.74) is 2.15. The number of benzene rings is 4. The van der Waals surface area contributed by atoms with Gasteiger partial charge in [0.2, 0.25) is 0 Å². The summed E-state index contributed by atoms with van der Waals surface area (Å²) in [6.45, 7) is 0. The van der Waals surface area contributed by atoms with Gasteiger partial charge in [0, 0.05) is 10.8 Å². The highest BCUT2D eigenvalue weighted by Gasteiger charge is 2.11. The van der Waals surface area contributed by atoms with Gasteiger partial charge in [-0.15, -0.1) is 0 Å². The van der Waals surface area contributed by atoms with Crippen molar-refractivity contribution in [1.82, 2.24) is 4.98 Å². The molecule has 0 N–H and O–H groups in total. The molecule has 1 heteroatoms. The second-order valence-corrected chi connectivity index (χ2v) is 5.28. The highest BCUT2D eigenvalue weighted by atomic mass is 14.7. The average molecular weight is 253 g/mol. The Labute approximate surface area is 115 Å². The second-order valence-electron chi connectivity index (χ2n) is 5.28. The number of fused-ring (bicyclic) bond motifs is 2. The smallest absolute Gasteiger partial charge is 0.0722 e. The molecule has 0 aliphatic carbocycles. The molecule has 0 saturated heterocycles. The van der Waals surface area contributed by atoms with Crippen LogP contribution in [0.4, 0.5) is 0 Å². The zero-order valence-electron chi connectivity index (χ0n) is 10.8. The van der Waals surface area contributed by atoms with Crippen molar-refractivity contribution in [3.63, 3.8) is 0 Å². The zero-order chi connectivity index (χ0) is 13.1. The first-order chi connectivity index (χ1) is 9.92. The number of hydrogen-bond donors (Lipinski definition) is 0. The Balaban J connectivity index is 2.23. The van der Waals surface area contributed by atoms with E-state index in [0.717, 1.165) is 11.0 Å². The maximum absolute atomic E-state index is 4.83. The van der Waals surface area contributed by atoms with Gasteiger partial charge in [-0.05, 0) is 33.7 Å². The molecule has 0 unspecified atom stereocenters. The van der Waals surface area contributed by atoms with Gasteiger partial charge in [0.15, 0.2) is 0 Å². The molecule has 1 aromatic heterocycles. The molecule has 0 spiro atoms. The third-order valence-electron chi connectivity index (χ3n) is 4.19. The maximum Gasteiger partial charge on any atom is 0.0722 e. The molecule has 1 nitrogen and oxygen atoms in total. The second kappa shape index (κ2) is 3.45. The summed E-state index contributed by atoms with van der Waals surface area (Å²) < 4.78 is 0. The van der Waals surface area contributed by atoms with Gasteiger partial charge in [-0.3, -0.25) is 0 Å². The summed E-state index contributed by atoms with van der Waals surface area (Å²) in [6, 6.07) is 23.6. The molecule has 1 heterocycles. The predicted octanol–water partition coefficient (Wildman–Crippen LogP) is 5.13. The Morgan fingerprint density at radius 2 is 1.30 bits per heavy atom. The summed E-state index contributed by atoms with van der Waals surface area (Å²) in [5, 5.41) is 7.74. The number of nitrogens with zero attached hydrogens (tertiary/aromatic N) is 1. The Morgan fingerprint density at radius 1 is 0.500 bits per heavy atom. The lowest BCUT2D eigenvalue weighted by atomic mass is 9.95. The number of para-hydroxylation sites is 1. The third kappa shape index (κ3) is 1.15. The molecule has 5 rings (SSSR count). The summed E-state index contributed by atoms with van der Waals surface area (Å²) in [5.74, 6) is 0. The molecule has 0 bridgehead atoms. The van der Waals surface area contributed by atoms with Crippen LogP contribution in [0, 0.1) is 0 Å². The topological polar surface area (TPSA) is 12.9 Å². The lowest BCUT2D eigenvalue weighted by Gasteiger charge is -2.11. The summed E-state index contributed by atoms with van der Waals surface area (Å²) in [4.78, 5) is 4.83. The van der Waals surface area contributed by atoms with Crippen molar-refractivity contribution >= 4 is 43.4 Å². The van der Waals surface area contributed by atoms with E-state index < -0.39 is 0 Å². The van der Waals surface area contributed by atoms with Crippen LogP contribution in [0.3, 0.4) is 0 Å². The highest BCUT2D eigenvalue weighted by molar-refractivity contribution is 6.27. The fraction of sp³-hybridized carbons (Fsp3) is 0. The van der Waals surface area contributed by atoms with Gasteiger partial charge in [-0.1, -0.05) is 54.6 Å². The standard InChI is InChI=1S/C19H11N/c1-2-7-16-14(6-1)15-10-8-12-4-3-5-13-9-11-17(20-16)19(15)18(12)13/h1-11H. The predicted molar refractivity (Wildman–Crippen MR) is 85.4 cm³/mol. The van der Waals surface area contributed by atoms with E-state index in [9.17, 15) is 0 Å². The Morgan fingerprint density at radius 3 is 2.20 bits per heavy atom. The largest absolute Gasteiger partial charge is 0.248 e. The van der Waals surface area contributed by atoms with Crippen LogP contribution in [0.25, 0.3) is 43.4 Å². The molecular formula is C19H11N. The van der Waals surface area contributed by atoms with Gasteiger partial charge < -0.3 is 0 Å². The van der Waals surface area contributed by atoms with E-state index in [4.69, 9.17) is 4.98 Å². The molecular weight excluding hydrogens is 242 g/mol. The van der Waals surface area contributed by atoms with Crippen LogP contribution in [-0.4, -0.2) is 4.98 Å². The molecule has 0 aliphatic heterocycles. The Kier molecular flexibility index (Phi) is 1.75. The highest BCUT2D eigenvalue weighted by Crippen LogP contribution is 2.36. The molecule has 92 valence electrons. The van der Waals surface area contributed by atoms with Gasteiger partial charge in [0.1, 0.15) is 0 Å².